The van der Waals surface area contributed by atoms with E-state index < -0.39 is 0 Å². The van der Waals surface area contributed by atoms with Gasteiger partial charge in [0.1, 0.15) is 0 Å². The van der Waals surface area contributed by atoms with Crippen molar-refractivity contribution < 1.29 is 9.63 Å². The fraction of sp³-hybridized carbons (Fsp3) is 0.364. The van der Waals surface area contributed by atoms with E-state index in [1.165, 1.54) is 0 Å². The van der Waals surface area contributed by atoms with Crippen molar-refractivity contribution >= 4 is 5.91 Å². The molecule has 1 aromatic carbocycles. The van der Waals surface area contributed by atoms with E-state index in [1.807, 2.05) is 32.0 Å². The molecule has 82 valence electrons. The summed E-state index contributed by atoms with van der Waals surface area (Å²) in [6.07, 6.45) is 0. The van der Waals surface area contributed by atoms with Gasteiger partial charge in [-0.05, 0) is 25.5 Å². The molecule has 15 heavy (non-hydrogen) atoms. The number of nitrogens with two attached hydrogens (primary N) is 1. The lowest BCUT2D eigenvalue weighted by Gasteiger charge is -2.13. The van der Waals surface area contributed by atoms with Crippen molar-refractivity contribution in [3.8, 4) is 0 Å². The summed E-state index contributed by atoms with van der Waals surface area (Å²) in [6.45, 7) is 4.04. The summed E-state index contributed by atoms with van der Waals surface area (Å²) in [5.74, 6) is 4.82. The summed E-state index contributed by atoms with van der Waals surface area (Å²) in [7, 11) is 0. The third-order valence-corrected chi connectivity index (χ3v) is 2.11. The number of carbonyl (C=O) groups is 1. The molecular formula is C11H16N2O2. The van der Waals surface area contributed by atoms with Crippen LogP contribution in [0.15, 0.2) is 24.3 Å². The first kappa shape index (κ1) is 11.7. The first-order valence-electron chi connectivity index (χ1n) is 4.83. The molecular weight excluding hydrogens is 192 g/mol. The lowest BCUT2D eigenvalue weighted by atomic mass is 10.1. The first-order chi connectivity index (χ1) is 7.15. The minimum atomic E-state index is -0.0994. The van der Waals surface area contributed by atoms with Crippen LogP contribution >= 0.6 is 0 Å². The van der Waals surface area contributed by atoms with E-state index in [0.717, 1.165) is 5.56 Å². The molecule has 1 atom stereocenters. The predicted molar refractivity (Wildman–Crippen MR) is 58.2 cm³/mol. The van der Waals surface area contributed by atoms with E-state index in [2.05, 4.69) is 10.2 Å². The maximum atomic E-state index is 11.7. The number of amides is 1. The first-order valence-corrected chi connectivity index (χ1v) is 4.83. The van der Waals surface area contributed by atoms with Crippen LogP contribution in [-0.2, 0) is 4.84 Å². The molecule has 0 spiro atoms. The van der Waals surface area contributed by atoms with Crippen molar-refractivity contribution in [2.24, 2.45) is 5.90 Å². The largest absolute Gasteiger partial charge is 0.347 e. The molecule has 0 aromatic heterocycles. The summed E-state index contributed by atoms with van der Waals surface area (Å²) >= 11 is 0. The van der Waals surface area contributed by atoms with Gasteiger partial charge in [-0.15, -0.1) is 0 Å². The second-order valence-electron chi connectivity index (χ2n) is 3.52. The average Bonchev–Trinajstić information content (AvgIpc) is 2.18. The number of carbonyl (C=O) groups excluding carboxylic acids is 1. The van der Waals surface area contributed by atoms with Crippen LogP contribution in [0.2, 0.25) is 0 Å². The van der Waals surface area contributed by atoms with E-state index >= 15 is 0 Å². The van der Waals surface area contributed by atoms with Gasteiger partial charge in [-0.1, -0.05) is 18.2 Å². The fourth-order valence-electron chi connectivity index (χ4n) is 1.32. The van der Waals surface area contributed by atoms with Crippen LogP contribution in [0.25, 0.3) is 0 Å². The lowest BCUT2D eigenvalue weighted by Crippen LogP contribution is -2.36. The van der Waals surface area contributed by atoms with Crippen molar-refractivity contribution in [2.45, 2.75) is 19.9 Å². The molecule has 0 saturated carbocycles. The van der Waals surface area contributed by atoms with Gasteiger partial charge >= 0.3 is 0 Å². The Morgan fingerprint density at radius 1 is 1.53 bits per heavy atom. The van der Waals surface area contributed by atoms with Crippen LogP contribution in [0.4, 0.5) is 0 Å². The quantitative estimate of drug-likeness (QED) is 0.726. The molecule has 1 rings (SSSR count). The SMILES string of the molecule is Cc1ccccc1C(=O)NC(C)CON. The molecule has 4 heteroatoms. The van der Waals surface area contributed by atoms with Crippen LogP contribution in [-0.4, -0.2) is 18.6 Å². The third-order valence-electron chi connectivity index (χ3n) is 2.11. The van der Waals surface area contributed by atoms with E-state index in [-0.39, 0.29) is 11.9 Å². The van der Waals surface area contributed by atoms with E-state index in [1.54, 1.807) is 6.07 Å². The maximum Gasteiger partial charge on any atom is 0.251 e. The van der Waals surface area contributed by atoms with Crippen molar-refractivity contribution in [3.05, 3.63) is 35.4 Å². The van der Waals surface area contributed by atoms with Gasteiger partial charge in [0.05, 0.1) is 12.6 Å². The summed E-state index contributed by atoms with van der Waals surface area (Å²) in [4.78, 5) is 16.2. The number of aryl methyl sites for hydroxylation is 1. The van der Waals surface area contributed by atoms with Crippen molar-refractivity contribution in [1.29, 1.82) is 0 Å². The average molecular weight is 208 g/mol. The Labute approximate surface area is 89.4 Å². The Bertz CT molecular complexity index is 339. The van der Waals surface area contributed by atoms with E-state index in [0.29, 0.717) is 12.2 Å². The second kappa shape index (κ2) is 5.48. The van der Waals surface area contributed by atoms with Crippen LogP contribution in [0.1, 0.15) is 22.8 Å². The van der Waals surface area contributed by atoms with E-state index in [9.17, 15) is 4.79 Å². The van der Waals surface area contributed by atoms with Gasteiger partial charge in [0.25, 0.3) is 5.91 Å². The summed E-state index contributed by atoms with van der Waals surface area (Å²) in [5.41, 5.74) is 1.64. The van der Waals surface area contributed by atoms with Crippen molar-refractivity contribution in [3.63, 3.8) is 0 Å². The zero-order valence-corrected chi connectivity index (χ0v) is 8.99. The van der Waals surface area contributed by atoms with Gasteiger partial charge in [-0.2, -0.15) is 0 Å². The molecule has 0 radical (unpaired) electrons. The molecule has 3 N–H and O–H groups in total. The Balaban J connectivity index is 2.65. The molecule has 4 nitrogen and oxygen atoms in total. The van der Waals surface area contributed by atoms with Crippen LogP contribution in [0.5, 0.6) is 0 Å². The minimum absolute atomic E-state index is 0.0953. The highest BCUT2D eigenvalue weighted by Gasteiger charge is 2.10. The molecule has 1 amide bonds. The third kappa shape index (κ3) is 3.34. The van der Waals surface area contributed by atoms with Gasteiger partial charge in [-0.3, -0.25) is 4.79 Å². The molecule has 0 aliphatic heterocycles. The highest BCUT2D eigenvalue weighted by Crippen LogP contribution is 2.06. The van der Waals surface area contributed by atoms with Gasteiger partial charge in [0.2, 0.25) is 0 Å². The highest BCUT2D eigenvalue weighted by atomic mass is 16.6. The lowest BCUT2D eigenvalue weighted by molar-refractivity contribution is 0.0857. The smallest absolute Gasteiger partial charge is 0.251 e. The number of hydrogen-bond donors (Lipinski definition) is 2. The zero-order valence-electron chi connectivity index (χ0n) is 8.99. The molecule has 0 bridgehead atoms. The topological polar surface area (TPSA) is 64.3 Å². The number of hydrogen-bond acceptors (Lipinski definition) is 3. The van der Waals surface area contributed by atoms with E-state index in [4.69, 9.17) is 5.90 Å². The minimum Gasteiger partial charge on any atom is -0.347 e. The molecule has 1 aromatic rings. The zero-order chi connectivity index (χ0) is 11.3. The number of rotatable bonds is 4. The number of nitrogens with one attached hydrogen (secondary N) is 1. The standard InChI is InChI=1S/C11H16N2O2/c1-8-5-3-4-6-10(8)11(14)13-9(2)7-15-12/h3-6,9H,7,12H2,1-2H3,(H,13,14). The van der Waals surface area contributed by atoms with Gasteiger partial charge < -0.3 is 10.2 Å². The van der Waals surface area contributed by atoms with Crippen LogP contribution in [0.3, 0.4) is 0 Å². The highest BCUT2D eigenvalue weighted by molar-refractivity contribution is 5.95. The molecule has 0 heterocycles. The normalized spacial score (nSPS) is 12.2. The van der Waals surface area contributed by atoms with Crippen molar-refractivity contribution in [2.75, 3.05) is 6.61 Å². The Hall–Kier alpha value is -1.39. The second-order valence-corrected chi connectivity index (χ2v) is 3.52. The Kier molecular flexibility index (Phi) is 4.27. The molecule has 0 aliphatic carbocycles. The van der Waals surface area contributed by atoms with Crippen LogP contribution < -0.4 is 11.2 Å². The van der Waals surface area contributed by atoms with Gasteiger partial charge in [-0.25, -0.2) is 5.90 Å². The summed E-state index contributed by atoms with van der Waals surface area (Å²) in [5, 5.41) is 2.79. The monoisotopic (exact) mass is 208 g/mol. The molecule has 0 fully saturated rings. The summed E-state index contributed by atoms with van der Waals surface area (Å²) in [6, 6.07) is 7.34. The van der Waals surface area contributed by atoms with Crippen LogP contribution in [0, 0.1) is 6.92 Å². The Morgan fingerprint density at radius 2 is 2.20 bits per heavy atom. The molecule has 0 aliphatic rings. The van der Waals surface area contributed by atoms with Gasteiger partial charge in [0, 0.05) is 5.56 Å². The Morgan fingerprint density at radius 3 is 2.80 bits per heavy atom. The fourth-order valence-corrected chi connectivity index (χ4v) is 1.32. The molecule has 0 saturated heterocycles. The summed E-state index contributed by atoms with van der Waals surface area (Å²) < 4.78 is 0. The maximum absolute atomic E-state index is 11.7. The molecule has 1 unspecified atom stereocenters. The number of benzene rings is 1. The van der Waals surface area contributed by atoms with Gasteiger partial charge in [0.15, 0.2) is 0 Å². The predicted octanol–water partition coefficient (Wildman–Crippen LogP) is 1.00. The van der Waals surface area contributed by atoms with Crippen molar-refractivity contribution in [1.82, 2.24) is 5.32 Å².